The molecule has 1 aliphatic rings. The first-order valence-corrected chi connectivity index (χ1v) is 9.34. The summed E-state index contributed by atoms with van der Waals surface area (Å²) in [5, 5.41) is 3.74. The standard InChI is InChI=1S/C17H23ClN2O2S/c1-13(21)20-10-2-4-14(12-20)17(22)19-9-3-11-23-16-7-5-15(18)6-8-16/h5-8,14H,2-4,9-12H2,1H3,(H,19,22)/t14-/m0/s1. The Morgan fingerprint density at radius 1 is 1.35 bits per heavy atom. The number of carbonyl (C=O) groups is 2. The van der Waals surface area contributed by atoms with Crippen LogP contribution in [-0.4, -0.2) is 42.1 Å². The second-order valence-corrected chi connectivity index (χ2v) is 7.36. The molecule has 2 amide bonds. The van der Waals surface area contributed by atoms with Crippen LogP contribution in [0.2, 0.25) is 5.02 Å². The van der Waals surface area contributed by atoms with Gasteiger partial charge in [0.15, 0.2) is 0 Å². The van der Waals surface area contributed by atoms with Crippen molar-refractivity contribution in [1.82, 2.24) is 10.2 Å². The van der Waals surface area contributed by atoms with Gasteiger partial charge in [-0.05, 0) is 49.3 Å². The fourth-order valence-corrected chi connectivity index (χ4v) is 3.60. The molecule has 1 fully saturated rings. The normalized spacial score (nSPS) is 17.8. The SMILES string of the molecule is CC(=O)N1CCC[C@H](C(=O)NCCCSc2ccc(Cl)cc2)C1. The molecule has 1 saturated heterocycles. The molecule has 23 heavy (non-hydrogen) atoms. The van der Waals surface area contributed by atoms with Crippen molar-refractivity contribution >= 4 is 35.2 Å². The molecule has 1 atom stereocenters. The molecule has 6 heteroatoms. The largest absolute Gasteiger partial charge is 0.356 e. The minimum Gasteiger partial charge on any atom is -0.356 e. The van der Waals surface area contributed by atoms with E-state index in [0.717, 1.165) is 36.6 Å². The monoisotopic (exact) mass is 354 g/mol. The van der Waals surface area contributed by atoms with Crippen molar-refractivity contribution in [3.05, 3.63) is 29.3 Å². The molecule has 1 aliphatic heterocycles. The summed E-state index contributed by atoms with van der Waals surface area (Å²) in [6, 6.07) is 7.78. The van der Waals surface area contributed by atoms with Gasteiger partial charge in [0.25, 0.3) is 0 Å². The highest BCUT2D eigenvalue weighted by Crippen LogP contribution is 2.21. The number of carbonyl (C=O) groups excluding carboxylic acids is 2. The van der Waals surface area contributed by atoms with Gasteiger partial charge in [-0.15, -0.1) is 11.8 Å². The van der Waals surface area contributed by atoms with Crippen LogP contribution < -0.4 is 5.32 Å². The Morgan fingerprint density at radius 2 is 2.09 bits per heavy atom. The molecule has 0 aliphatic carbocycles. The van der Waals surface area contributed by atoms with Gasteiger partial charge < -0.3 is 10.2 Å². The van der Waals surface area contributed by atoms with Crippen LogP contribution in [0.1, 0.15) is 26.2 Å². The van der Waals surface area contributed by atoms with Crippen molar-refractivity contribution in [1.29, 1.82) is 0 Å². The lowest BCUT2D eigenvalue weighted by Crippen LogP contribution is -2.44. The van der Waals surface area contributed by atoms with E-state index >= 15 is 0 Å². The van der Waals surface area contributed by atoms with Gasteiger partial charge in [0.05, 0.1) is 5.92 Å². The highest BCUT2D eigenvalue weighted by molar-refractivity contribution is 7.99. The second kappa shape index (κ2) is 9.18. The van der Waals surface area contributed by atoms with Crippen molar-refractivity contribution in [3.63, 3.8) is 0 Å². The Kier molecular flexibility index (Phi) is 7.24. The predicted octanol–water partition coefficient (Wildman–Crippen LogP) is 3.20. The zero-order valence-electron chi connectivity index (χ0n) is 13.4. The smallest absolute Gasteiger partial charge is 0.224 e. The van der Waals surface area contributed by atoms with Gasteiger partial charge in [-0.25, -0.2) is 0 Å². The lowest BCUT2D eigenvalue weighted by Gasteiger charge is -2.31. The maximum Gasteiger partial charge on any atom is 0.224 e. The van der Waals surface area contributed by atoms with E-state index < -0.39 is 0 Å². The van der Waals surface area contributed by atoms with Crippen molar-refractivity contribution in [3.8, 4) is 0 Å². The number of amides is 2. The van der Waals surface area contributed by atoms with Crippen LogP contribution in [0.5, 0.6) is 0 Å². The molecular weight excluding hydrogens is 332 g/mol. The number of benzene rings is 1. The van der Waals surface area contributed by atoms with Gasteiger partial charge in [-0.1, -0.05) is 11.6 Å². The number of nitrogens with zero attached hydrogens (tertiary/aromatic N) is 1. The minimum atomic E-state index is -0.0587. The maximum absolute atomic E-state index is 12.2. The van der Waals surface area contributed by atoms with E-state index in [-0.39, 0.29) is 17.7 Å². The van der Waals surface area contributed by atoms with Crippen LogP contribution in [0, 0.1) is 5.92 Å². The van der Waals surface area contributed by atoms with Crippen molar-refractivity contribution < 1.29 is 9.59 Å². The predicted molar refractivity (Wildman–Crippen MR) is 94.8 cm³/mol. The van der Waals surface area contributed by atoms with Gasteiger partial charge in [0, 0.05) is 36.5 Å². The summed E-state index contributed by atoms with van der Waals surface area (Å²) in [5.74, 6) is 1.03. The molecule has 0 spiro atoms. The Balaban J connectivity index is 1.62. The fraction of sp³-hybridized carbons (Fsp3) is 0.529. The lowest BCUT2D eigenvalue weighted by molar-refractivity contribution is -0.133. The summed E-state index contributed by atoms with van der Waals surface area (Å²) in [6.45, 7) is 3.57. The number of hydrogen-bond donors (Lipinski definition) is 1. The average molecular weight is 355 g/mol. The number of rotatable bonds is 6. The van der Waals surface area contributed by atoms with Crippen molar-refractivity contribution in [2.75, 3.05) is 25.4 Å². The van der Waals surface area contributed by atoms with E-state index in [2.05, 4.69) is 5.32 Å². The number of thioether (sulfide) groups is 1. The minimum absolute atomic E-state index is 0.0573. The summed E-state index contributed by atoms with van der Waals surface area (Å²) < 4.78 is 0. The molecule has 1 N–H and O–H groups in total. The van der Waals surface area contributed by atoms with Crippen molar-refractivity contribution in [2.24, 2.45) is 5.92 Å². The molecule has 0 saturated carbocycles. The molecule has 0 radical (unpaired) electrons. The van der Waals surface area contributed by atoms with Gasteiger partial charge in [0.1, 0.15) is 0 Å². The van der Waals surface area contributed by atoms with Gasteiger partial charge in [-0.2, -0.15) is 0 Å². The number of piperidine rings is 1. The first-order valence-electron chi connectivity index (χ1n) is 7.98. The molecular formula is C17H23ClN2O2S. The molecule has 1 aromatic carbocycles. The van der Waals surface area contributed by atoms with Crippen LogP contribution in [0.4, 0.5) is 0 Å². The summed E-state index contributed by atoms with van der Waals surface area (Å²) in [6.07, 6.45) is 2.70. The van der Waals surface area contributed by atoms with Gasteiger partial charge >= 0.3 is 0 Å². The van der Waals surface area contributed by atoms with Crippen LogP contribution in [0.15, 0.2) is 29.2 Å². The van der Waals surface area contributed by atoms with Gasteiger partial charge in [-0.3, -0.25) is 9.59 Å². The van der Waals surface area contributed by atoms with E-state index in [1.807, 2.05) is 24.3 Å². The Hall–Kier alpha value is -1.20. The van der Waals surface area contributed by atoms with Crippen LogP contribution >= 0.6 is 23.4 Å². The summed E-state index contributed by atoms with van der Waals surface area (Å²) in [4.78, 5) is 26.5. The third kappa shape index (κ3) is 6.07. The quantitative estimate of drug-likeness (QED) is 0.630. The number of halogens is 1. The molecule has 2 rings (SSSR count). The van der Waals surface area contributed by atoms with E-state index in [0.29, 0.717) is 13.1 Å². The third-order valence-electron chi connectivity index (χ3n) is 3.94. The zero-order valence-corrected chi connectivity index (χ0v) is 15.0. The Morgan fingerprint density at radius 3 is 2.78 bits per heavy atom. The molecule has 1 heterocycles. The lowest BCUT2D eigenvalue weighted by atomic mass is 9.97. The van der Waals surface area contributed by atoms with E-state index in [1.165, 1.54) is 4.90 Å². The van der Waals surface area contributed by atoms with E-state index in [1.54, 1.807) is 23.6 Å². The van der Waals surface area contributed by atoms with Crippen molar-refractivity contribution in [2.45, 2.75) is 31.1 Å². The Bertz CT molecular complexity index is 536. The van der Waals surface area contributed by atoms with Crippen LogP contribution in [0.3, 0.4) is 0 Å². The number of nitrogens with one attached hydrogen (secondary N) is 1. The van der Waals surface area contributed by atoms with Crippen LogP contribution in [-0.2, 0) is 9.59 Å². The zero-order chi connectivity index (χ0) is 16.7. The molecule has 0 bridgehead atoms. The summed E-state index contributed by atoms with van der Waals surface area (Å²) in [7, 11) is 0. The average Bonchev–Trinajstić information content (AvgIpc) is 2.56. The molecule has 4 nitrogen and oxygen atoms in total. The molecule has 126 valence electrons. The highest BCUT2D eigenvalue weighted by atomic mass is 35.5. The molecule has 0 unspecified atom stereocenters. The van der Waals surface area contributed by atoms with Gasteiger partial charge in [0.2, 0.25) is 11.8 Å². The molecule has 0 aromatic heterocycles. The maximum atomic E-state index is 12.2. The second-order valence-electron chi connectivity index (χ2n) is 5.75. The third-order valence-corrected chi connectivity index (χ3v) is 5.29. The first kappa shape index (κ1) is 18.1. The summed E-state index contributed by atoms with van der Waals surface area (Å²) in [5.41, 5.74) is 0. The Labute approximate surface area is 146 Å². The highest BCUT2D eigenvalue weighted by Gasteiger charge is 2.26. The first-order chi connectivity index (χ1) is 11.1. The number of hydrogen-bond acceptors (Lipinski definition) is 3. The van der Waals surface area contributed by atoms with E-state index in [4.69, 9.17) is 11.6 Å². The molecule has 1 aromatic rings. The fourth-order valence-electron chi connectivity index (χ4n) is 2.63. The number of likely N-dealkylation sites (tertiary alicyclic amines) is 1. The topological polar surface area (TPSA) is 49.4 Å². The van der Waals surface area contributed by atoms with Crippen LogP contribution in [0.25, 0.3) is 0 Å². The summed E-state index contributed by atoms with van der Waals surface area (Å²) >= 11 is 7.61. The van der Waals surface area contributed by atoms with E-state index in [9.17, 15) is 9.59 Å².